The first-order valence-electron chi connectivity index (χ1n) is 6.34. The summed E-state index contributed by atoms with van der Waals surface area (Å²) < 4.78 is 0. The molecule has 2 N–H and O–H groups in total. The molecule has 1 heterocycles. The van der Waals surface area contributed by atoms with Gasteiger partial charge in [0.05, 0.1) is 0 Å². The number of rotatable bonds is 3. The number of likely N-dealkylation sites (tertiary alicyclic amines) is 1. The number of likely N-dealkylation sites (N-methyl/N-ethyl adjacent to an activating group) is 1. The maximum Gasteiger partial charge on any atom is 0.0320 e. The molecule has 0 radical (unpaired) electrons. The maximum absolute atomic E-state index is 5.72. The van der Waals surface area contributed by atoms with E-state index in [1.54, 1.807) is 0 Å². The first kappa shape index (κ1) is 12.4. The molecule has 1 saturated heterocycles. The highest BCUT2D eigenvalue weighted by Crippen LogP contribution is 2.26. The molecule has 1 aliphatic heterocycles. The van der Waals surface area contributed by atoms with Crippen LogP contribution in [-0.4, -0.2) is 43.0 Å². The molecule has 0 aliphatic carbocycles. The third-order valence-electron chi connectivity index (χ3n) is 3.89. The third-order valence-corrected chi connectivity index (χ3v) is 3.89. The second-order valence-corrected chi connectivity index (χ2v) is 5.24. The van der Waals surface area contributed by atoms with Crippen LogP contribution >= 0.6 is 0 Å². The summed E-state index contributed by atoms with van der Waals surface area (Å²) in [6, 6.07) is 9.45. The van der Waals surface area contributed by atoms with E-state index in [1.165, 1.54) is 25.1 Å². The van der Waals surface area contributed by atoms with Crippen LogP contribution in [-0.2, 0) is 0 Å². The molecule has 1 aromatic carbocycles. The van der Waals surface area contributed by atoms with E-state index in [2.05, 4.69) is 43.0 Å². The molecule has 2 atom stereocenters. The van der Waals surface area contributed by atoms with Crippen molar-refractivity contribution in [1.29, 1.82) is 0 Å². The van der Waals surface area contributed by atoms with E-state index in [9.17, 15) is 0 Å². The molecule has 94 valence electrons. The molecule has 1 aromatic rings. The fraction of sp³-hybridized carbons (Fsp3) is 0.571. The molecule has 2 rings (SSSR count). The quantitative estimate of drug-likeness (QED) is 0.810. The van der Waals surface area contributed by atoms with Crippen molar-refractivity contribution >= 4 is 5.69 Å². The van der Waals surface area contributed by atoms with Crippen LogP contribution in [0.25, 0.3) is 0 Å². The minimum Gasteiger partial charge on any atom is -0.399 e. The topological polar surface area (TPSA) is 32.5 Å². The molecule has 0 bridgehead atoms. The van der Waals surface area contributed by atoms with Crippen LogP contribution in [0.2, 0.25) is 0 Å². The normalized spacial score (nSPS) is 23.2. The molecule has 1 aliphatic rings. The van der Waals surface area contributed by atoms with Crippen molar-refractivity contribution in [2.45, 2.75) is 25.4 Å². The molecular weight excluding hydrogens is 210 g/mol. The summed E-state index contributed by atoms with van der Waals surface area (Å²) in [4.78, 5) is 4.88. The molecule has 2 unspecified atom stereocenters. The molecule has 0 amide bonds. The Bertz CT molecular complexity index is 358. The molecule has 17 heavy (non-hydrogen) atoms. The lowest BCUT2D eigenvalue weighted by Crippen LogP contribution is -2.32. The van der Waals surface area contributed by atoms with Gasteiger partial charge in [-0.2, -0.15) is 0 Å². The highest BCUT2D eigenvalue weighted by molar-refractivity contribution is 5.40. The Morgan fingerprint density at radius 2 is 1.94 bits per heavy atom. The highest BCUT2D eigenvalue weighted by atomic mass is 15.2. The van der Waals surface area contributed by atoms with Gasteiger partial charge in [-0.1, -0.05) is 12.1 Å². The van der Waals surface area contributed by atoms with Gasteiger partial charge < -0.3 is 10.6 Å². The zero-order valence-electron chi connectivity index (χ0n) is 11.1. The number of nitrogen functional groups attached to an aromatic ring is 1. The lowest BCUT2D eigenvalue weighted by atomic mass is 10.1. The van der Waals surface area contributed by atoms with Crippen molar-refractivity contribution in [3.05, 3.63) is 29.8 Å². The van der Waals surface area contributed by atoms with E-state index in [0.717, 1.165) is 5.69 Å². The number of hydrogen-bond acceptors (Lipinski definition) is 3. The Morgan fingerprint density at radius 1 is 1.29 bits per heavy atom. The summed E-state index contributed by atoms with van der Waals surface area (Å²) >= 11 is 0. The van der Waals surface area contributed by atoms with Crippen LogP contribution in [0, 0.1) is 0 Å². The minimum atomic E-state index is 0.487. The van der Waals surface area contributed by atoms with Crippen LogP contribution in [0.15, 0.2) is 24.3 Å². The monoisotopic (exact) mass is 233 g/mol. The van der Waals surface area contributed by atoms with E-state index in [4.69, 9.17) is 5.73 Å². The highest BCUT2D eigenvalue weighted by Gasteiger charge is 2.27. The summed E-state index contributed by atoms with van der Waals surface area (Å²) in [5.41, 5.74) is 7.92. The van der Waals surface area contributed by atoms with E-state index in [1.807, 2.05) is 12.1 Å². The Labute approximate surface area is 104 Å². The largest absolute Gasteiger partial charge is 0.399 e. The zero-order valence-corrected chi connectivity index (χ0v) is 11.1. The summed E-state index contributed by atoms with van der Waals surface area (Å²) in [5.74, 6) is 0. The molecule has 3 heteroatoms. The molecule has 0 saturated carbocycles. The van der Waals surface area contributed by atoms with E-state index in [-0.39, 0.29) is 0 Å². The van der Waals surface area contributed by atoms with Crippen molar-refractivity contribution < 1.29 is 0 Å². The Kier molecular flexibility index (Phi) is 3.69. The van der Waals surface area contributed by atoms with Crippen molar-refractivity contribution in [1.82, 2.24) is 9.80 Å². The van der Waals surface area contributed by atoms with Gasteiger partial charge in [-0.15, -0.1) is 0 Å². The molecular formula is C14H23N3. The standard InChI is InChI=1S/C14H23N3/c1-11(12-4-6-13(15)7-5-12)17-9-8-14(10-17)16(2)3/h4-7,11,14H,8-10,15H2,1-3H3. The van der Waals surface area contributed by atoms with Gasteiger partial charge in [0, 0.05) is 30.9 Å². The van der Waals surface area contributed by atoms with Crippen LogP contribution in [0.4, 0.5) is 5.69 Å². The number of nitrogens with two attached hydrogens (primary N) is 1. The number of nitrogens with zero attached hydrogens (tertiary/aromatic N) is 2. The third kappa shape index (κ3) is 2.79. The lowest BCUT2D eigenvalue weighted by molar-refractivity contribution is 0.228. The Hall–Kier alpha value is -1.06. The van der Waals surface area contributed by atoms with Gasteiger partial charge in [0.1, 0.15) is 0 Å². The second kappa shape index (κ2) is 5.07. The van der Waals surface area contributed by atoms with E-state index in [0.29, 0.717) is 12.1 Å². The number of benzene rings is 1. The van der Waals surface area contributed by atoms with E-state index < -0.39 is 0 Å². The summed E-state index contributed by atoms with van der Waals surface area (Å²) in [6.07, 6.45) is 1.27. The van der Waals surface area contributed by atoms with Gasteiger partial charge in [-0.25, -0.2) is 0 Å². The van der Waals surface area contributed by atoms with Gasteiger partial charge in [-0.3, -0.25) is 4.90 Å². The van der Waals surface area contributed by atoms with Crippen molar-refractivity contribution in [3.63, 3.8) is 0 Å². The van der Waals surface area contributed by atoms with Gasteiger partial charge in [0.25, 0.3) is 0 Å². The van der Waals surface area contributed by atoms with Crippen LogP contribution in [0.3, 0.4) is 0 Å². The summed E-state index contributed by atoms with van der Waals surface area (Å²) in [6.45, 7) is 4.64. The fourth-order valence-electron chi connectivity index (χ4n) is 2.53. The molecule has 0 aromatic heterocycles. The van der Waals surface area contributed by atoms with Crippen molar-refractivity contribution in [3.8, 4) is 0 Å². The predicted octanol–water partition coefficient (Wildman–Crippen LogP) is 1.97. The number of hydrogen-bond donors (Lipinski definition) is 1. The van der Waals surface area contributed by atoms with Crippen molar-refractivity contribution in [2.24, 2.45) is 0 Å². The Balaban J connectivity index is 2.01. The van der Waals surface area contributed by atoms with Crippen molar-refractivity contribution in [2.75, 3.05) is 32.9 Å². The first-order valence-corrected chi connectivity index (χ1v) is 6.34. The van der Waals surface area contributed by atoms with Gasteiger partial charge in [0.15, 0.2) is 0 Å². The maximum atomic E-state index is 5.72. The number of anilines is 1. The van der Waals surface area contributed by atoms with E-state index >= 15 is 0 Å². The first-order chi connectivity index (χ1) is 8.08. The molecule has 3 nitrogen and oxygen atoms in total. The molecule has 1 fully saturated rings. The smallest absolute Gasteiger partial charge is 0.0320 e. The van der Waals surface area contributed by atoms with Crippen LogP contribution in [0.1, 0.15) is 24.9 Å². The summed E-state index contributed by atoms with van der Waals surface area (Å²) in [5, 5.41) is 0. The minimum absolute atomic E-state index is 0.487. The predicted molar refractivity (Wildman–Crippen MR) is 72.9 cm³/mol. The Morgan fingerprint density at radius 3 is 2.47 bits per heavy atom. The second-order valence-electron chi connectivity index (χ2n) is 5.24. The van der Waals surface area contributed by atoms with Gasteiger partial charge in [-0.05, 0) is 45.1 Å². The van der Waals surface area contributed by atoms with Crippen LogP contribution in [0.5, 0.6) is 0 Å². The van der Waals surface area contributed by atoms with Gasteiger partial charge in [0.2, 0.25) is 0 Å². The lowest BCUT2D eigenvalue weighted by Gasteiger charge is -2.26. The molecule has 0 spiro atoms. The van der Waals surface area contributed by atoms with Gasteiger partial charge >= 0.3 is 0 Å². The SMILES string of the molecule is CC(c1ccc(N)cc1)N1CCC(N(C)C)C1. The fourth-order valence-corrected chi connectivity index (χ4v) is 2.53. The average molecular weight is 233 g/mol. The van der Waals surface area contributed by atoms with Crippen LogP contribution < -0.4 is 5.73 Å². The average Bonchev–Trinajstić information content (AvgIpc) is 2.78. The zero-order chi connectivity index (χ0) is 12.4. The summed E-state index contributed by atoms with van der Waals surface area (Å²) in [7, 11) is 4.34.